The molecule has 0 saturated heterocycles. The van der Waals surface area contributed by atoms with E-state index in [2.05, 4.69) is 70.1 Å². The molecule has 0 bridgehead atoms. The van der Waals surface area contributed by atoms with Crippen molar-refractivity contribution < 1.29 is 0 Å². The number of hydrogen-bond donors (Lipinski definition) is 1. The van der Waals surface area contributed by atoms with Crippen LogP contribution in [0, 0.1) is 0 Å². The zero-order valence-corrected chi connectivity index (χ0v) is 14.1. The van der Waals surface area contributed by atoms with Gasteiger partial charge in [-0.25, -0.2) is 0 Å². The lowest BCUT2D eigenvalue weighted by molar-refractivity contribution is 0.473. The Hall–Kier alpha value is -0.800. The standard InChI is InChI=1S/C17H25BrN2/c1-3-4-5-6-14(2)19-10-12-20-11-9-15-7-8-16(18)13-17(15)20/h7-9,11,13-14,19H,3-6,10,12H2,1-2H3. The van der Waals surface area contributed by atoms with Crippen LogP contribution in [0.25, 0.3) is 10.9 Å². The van der Waals surface area contributed by atoms with E-state index in [0.717, 1.165) is 17.6 Å². The van der Waals surface area contributed by atoms with E-state index < -0.39 is 0 Å². The summed E-state index contributed by atoms with van der Waals surface area (Å²) in [4.78, 5) is 0. The monoisotopic (exact) mass is 336 g/mol. The maximum absolute atomic E-state index is 3.63. The Balaban J connectivity index is 1.82. The summed E-state index contributed by atoms with van der Waals surface area (Å²) in [5.41, 5.74) is 1.31. The van der Waals surface area contributed by atoms with Gasteiger partial charge in [0.15, 0.2) is 0 Å². The van der Waals surface area contributed by atoms with Gasteiger partial charge in [-0.05, 0) is 36.9 Å². The van der Waals surface area contributed by atoms with E-state index in [1.54, 1.807) is 0 Å². The van der Waals surface area contributed by atoms with Gasteiger partial charge in [-0.3, -0.25) is 0 Å². The van der Waals surface area contributed by atoms with Crippen molar-refractivity contribution in [2.24, 2.45) is 0 Å². The van der Waals surface area contributed by atoms with Crippen LogP contribution in [0.4, 0.5) is 0 Å². The van der Waals surface area contributed by atoms with Crippen LogP contribution in [0.3, 0.4) is 0 Å². The average molecular weight is 337 g/mol. The first-order chi connectivity index (χ1) is 9.70. The largest absolute Gasteiger partial charge is 0.346 e. The number of rotatable bonds is 8. The van der Waals surface area contributed by atoms with Crippen molar-refractivity contribution in [1.82, 2.24) is 9.88 Å². The number of aromatic nitrogens is 1. The molecule has 1 aromatic carbocycles. The molecule has 0 aliphatic carbocycles. The number of unbranched alkanes of at least 4 members (excludes halogenated alkanes) is 2. The molecule has 1 unspecified atom stereocenters. The van der Waals surface area contributed by atoms with E-state index in [4.69, 9.17) is 0 Å². The van der Waals surface area contributed by atoms with Crippen LogP contribution in [-0.4, -0.2) is 17.2 Å². The quantitative estimate of drug-likeness (QED) is 0.674. The zero-order chi connectivity index (χ0) is 14.4. The summed E-state index contributed by atoms with van der Waals surface area (Å²) in [6.07, 6.45) is 7.45. The first-order valence-electron chi connectivity index (χ1n) is 7.68. The SMILES string of the molecule is CCCCCC(C)NCCn1ccc2ccc(Br)cc21. The highest BCUT2D eigenvalue weighted by Crippen LogP contribution is 2.20. The van der Waals surface area contributed by atoms with Gasteiger partial charge in [0.1, 0.15) is 0 Å². The first kappa shape index (κ1) is 15.6. The van der Waals surface area contributed by atoms with Crippen LogP contribution in [-0.2, 0) is 6.54 Å². The Kier molecular flexibility index (Phi) is 6.11. The molecule has 1 aromatic heterocycles. The number of nitrogens with zero attached hydrogens (tertiary/aromatic N) is 1. The molecular formula is C17H25BrN2. The van der Waals surface area contributed by atoms with Crippen molar-refractivity contribution in [2.75, 3.05) is 6.54 Å². The van der Waals surface area contributed by atoms with Crippen LogP contribution < -0.4 is 5.32 Å². The van der Waals surface area contributed by atoms with Crippen LogP contribution in [0.15, 0.2) is 34.9 Å². The number of hydrogen-bond acceptors (Lipinski definition) is 1. The van der Waals surface area contributed by atoms with Gasteiger partial charge in [-0.2, -0.15) is 0 Å². The van der Waals surface area contributed by atoms with E-state index in [9.17, 15) is 0 Å². The molecule has 3 heteroatoms. The molecule has 0 saturated carbocycles. The van der Waals surface area contributed by atoms with Gasteiger partial charge in [0, 0.05) is 35.3 Å². The van der Waals surface area contributed by atoms with Crippen LogP contribution in [0.2, 0.25) is 0 Å². The van der Waals surface area contributed by atoms with Gasteiger partial charge in [-0.1, -0.05) is 48.2 Å². The molecule has 2 nitrogen and oxygen atoms in total. The van der Waals surface area contributed by atoms with Crippen molar-refractivity contribution in [3.05, 3.63) is 34.9 Å². The first-order valence-corrected chi connectivity index (χ1v) is 8.47. The fourth-order valence-electron chi connectivity index (χ4n) is 2.59. The van der Waals surface area contributed by atoms with Gasteiger partial charge >= 0.3 is 0 Å². The van der Waals surface area contributed by atoms with Crippen molar-refractivity contribution in [2.45, 2.75) is 52.1 Å². The molecule has 0 aliphatic rings. The minimum Gasteiger partial charge on any atom is -0.346 e. The molecular weight excluding hydrogens is 312 g/mol. The highest BCUT2D eigenvalue weighted by Gasteiger charge is 2.03. The molecule has 2 rings (SSSR count). The summed E-state index contributed by atoms with van der Waals surface area (Å²) < 4.78 is 3.47. The zero-order valence-electron chi connectivity index (χ0n) is 12.5. The number of benzene rings is 1. The van der Waals surface area contributed by atoms with Crippen LogP contribution in [0.5, 0.6) is 0 Å². The molecule has 0 radical (unpaired) electrons. The van der Waals surface area contributed by atoms with Crippen LogP contribution >= 0.6 is 15.9 Å². The second-order valence-electron chi connectivity index (χ2n) is 5.56. The average Bonchev–Trinajstić information content (AvgIpc) is 2.82. The summed E-state index contributed by atoms with van der Waals surface area (Å²) in [6.45, 7) is 6.61. The Labute approximate surface area is 130 Å². The summed E-state index contributed by atoms with van der Waals surface area (Å²) in [5, 5.41) is 4.94. The third-order valence-electron chi connectivity index (χ3n) is 3.82. The lowest BCUT2D eigenvalue weighted by atomic mass is 10.1. The predicted molar refractivity (Wildman–Crippen MR) is 91.2 cm³/mol. The Morgan fingerprint density at radius 1 is 1.25 bits per heavy atom. The van der Waals surface area contributed by atoms with E-state index in [0.29, 0.717) is 6.04 Å². The molecule has 110 valence electrons. The molecule has 1 heterocycles. The number of fused-ring (bicyclic) bond motifs is 1. The van der Waals surface area contributed by atoms with Gasteiger partial charge in [-0.15, -0.1) is 0 Å². The topological polar surface area (TPSA) is 17.0 Å². The lowest BCUT2D eigenvalue weighted by Crippen LogP contribution is -2.29. The molecule has 20 heavy (non-hydrogen) atoms. The normalized spacial score (nSPS) is 12.9. The van der Waals surface area contributed by atoms with E-state index in [1.807, 2.05) is 0 Å². The summed E-state index contributed by atoms with van der Waals surface area (Å²) in [6, 6.07) is 9.26. The lowest BCUT2D eigenvalue weighted by Gasteiger charge is -2.14. The van der Waals surface area contributed by atoms with Gasteiger partial charge in [0.05, 0.1) is 0 Å². The van der Waals surface area contributed by atoms with E-state index in [1.165, 1.54) is 36.6 Å². The third kappa shape index (κ3) is 4.35. The van der Waals surface area contributed by atoms with E-state index in [-0.39, 0.29) is 0 Å². The highest BCUT2D eigenvalue weighted by atomic mass is 79.9. The summed E-state index contributed by atoms with van der Waals surface area (Å²) in [7, 11) is 0. The van der Waals surface area contributed by atoms with Crippen molar-refractivity contribution >= 4 is 26.8 Å². The van der Waals surface area contributed by atoms with Crippen LogP contribution in [0.1, 0.15) is 39.5 Å². The predicted octanol–water partition coefficient (Wildman–Crippen LogP) is 4.96. The molecule has 1 atom stereocenters. The Morgan fingerprint density at radius 2 is 2.10 bits per heavy atom. The molecule has 2 aromatic rings. The van der Waals surface area contributed by atoms with Gasteiger partial charge < -0.3 is 9.88 Å². The number of halogens is 1. The minimum absolute atomic E-state index is 0.620. The minimum atomic E-state index is 0.620. The molecule has 0 aliphatic heterocycles. The summed E-state index contributed by atoms with van der Waals surface area (Å²) in [5.74, 6) is 0. The fraction of sp³-hybridized carbons (Fsp3) is 0.529. The molecule has 0 amide bonds. The third-order valence-corrected chi connectivity index (χ3v) is 4.32. The Bertz CT molecular complexity index is 533. The van der Waals surface area contributed by atoms with E-state index >= 15 is 0 Å². The second kappa shape index (κ2) is 7.84. The van der Waals surface area contributed by atoms with Crippen molar-refractivity contribution in [3.63, 3.8) is 0 Å². The highest BCUT2D eigenvalue weighted by molar-refractivity contribution is 9.10. The molecule has 1 N–H and O–H groups in total. The van der Waals surface area contributed by atoms with Crippen molar-refractivity contribution in [3.8, 4) is 0 Å². The van der Waals surface area contributed by atoms with Gasteiger partial charge in [0.25, 0.3) is 0 Å². The maximum Gasteiger partial charge on any atom is 0.0492 e. The summed E-state index contributed by atoms with van der Waals surface area (Å²) >= 11 is 3.55. The smallest absolute Gasteiger partial charge is 0.0492 e. The number of nitrogens with one attached hydrogen (secondary N) is 1. The van der Waals surface area contributed by atoms with Crippen molar-refractivity contribution in [1.29, 1.82) is 0 Å². The fourth-order valence-corrected chi connectivity index (χ4v) is 2.94. The molecule has 0 spiro atoms. The maximum atomic E-state index is 3.63. The second-order valence-corrected chi connectivity index (χ2v) is 6.48. The Morgan fingerprint density at radius 3 is 2.90 bits per heavy atom. The molecule has 0 fully saturated rings. The van der Waals surface area contributed by atoms with Gasteiger partial charge in [0.2, 0.25) is 0 Å².